The van der Waals surface area contributed by atoms with Gasteiger partial charge in [0, 0.05) is 17.4 Å². The molecule has 6 atom stereocenters. The summed E-state index contributed by atoms with van der Waals surface area (Å²) in [5, 5.41) is 0. The molecule has 6 nitrogen and oxygen atoms in total. The van der Waals surface area contributed by atoms with Crippen LogP contribution < -0.4 is 0 Å². The van der Waals surface area contributed by atoms with Crippen molar-refractivity contribution >= 4 is 17.9 Å². The highest BCUT2D eigenvalue weighted by molar-refractivity contribution is 5.88. The number of hydrogen-bond donors (Lipinski definition) is 0. The predicted molar refractivity (Wildman–Crippen MR) is 86.1 cm³/mol. The SMILES string of the molecule is C=C(C)C(=O)OC1C2CC3C1OC(=O)C3C2C(=O)OC1CCCCC1. The summed E-state index contributed by atoms with van der Waals surface area (Å²) in [7, 11) is 0. The smallest absolute Gasteiger partial charge is 0.333 e. The summed E-state index contributed by atoms with van der Waals surface area (Å²) in [6.45, 7) is 5.17. The Bertz CT molecular complexity index is 619. The van der Waals surface area contributed by atoms with Gasteiger partial charge in [-0.25, -0.2) is 4.79 Å². The first-order valence-corrected chi connectivity index (χ1v) is 9.25. The third kappa shape index (κ3) is 2.66. The highest BCUT2D eigenvalue weighted by atomic mass is 16.6. The van der Waals surface area contributed by atoms with Gasteiger partial charge in [0.05, 0.1) is 11.8 Å². The molecule has 3 saturated carbocycles. The van der Waals surface area contributed by atoms with E-state index in [-0.39, 0.29) is 29.9 Å². The molecule has 1 heterocycles. The van der Waals surface area contributed by atoms with Crippen LogP contribution in [0.1, 0.15) is 45.4 Å². The van der Waals surface area contributed by atoms with Gasteiger partial charge in [0.2, 0.25) is 0 Å². The van der Waals surface area contributed by atoms with Crippen molar-refractivity contribution in [1.82, 2.24) is 0 Å². The molecule has 4 rings (SSSR count). The molecule has 0 aromatic heterocycles. The first-order valence-electron chi connectivity index (χ1n) is 9.25. The van der Waals surface area contributed by atoms with E-state index in [0.29, 0.717) is 12.0 Å². The molecule has 136 valence electrons. The Hall–Kier alpha value is -1.85. The molecule has 0 spiro atoms. The van der Waals surface area contributed by atoms with Gasteiger partial charge < -0.3 is 14.2 Å². The second-order valence-corrected chi connectivity index (χ2v) is 7.86. The summed E-state index contributed by atoms with van der Waals surface area (Å²) in [6.07, 6.45) is 4.71. The van der Waals surface area contributed by atoms with E-state index < -0.39 is 30.0 Å². The fourth-order valence-electron chi connectivity index (χ4n) is 5.12. The third-order valence-corrected chi connectivity index (χ3v) is 6.24. The molecule has 0 N–H and O–H groups in total. The van der Waals surface area contributed by atoms with Crippen molar-refractivity contribution in [2.24, 2.45) is 23.7 Å². The van der Waals surface area contributed by atoms with Crippen molar-refractivity contribution < 1.29 is 28.6 Å². The van der Waals surface area contributed by atoms with Crippen LogP contribution in [-0.4, -0.2) is 36.2 Å². The van der Waals surface area contributed by atoms with Gasteiger partial charge in [-0.2, -0.15) is 0 Å². The Morgan fingerprint density at radius 1 is 1.12 bits per heavy atom. The van der Waals surface area contributed by atoms with Crippen molar-refractivity contribution in [3.8, 4) is 0 Å². The van der Waals surface area contributed by atoms with Crippen molar-refractivity contribution in [1.29, 1.82) is 0 Å². The van der Waals surface area contributed by atoms with Crippen LogP contribution >= 0.6 is 0 Å². The number of carbonyl (C=O) groups excluding carboxylic acids is 3. The summed E-state index contributed by atoms with van der Waals surface area (Å²) in [5.41, 5.74) is 0.296. The van der Waals surface area contributed by atoms with E-state index in [0.717, 1.165) is 25.7 Å². The first-order chi connectivity index (χ1) is 12.0. The normalized spacial score (nSPS) is 39.2. The van der Waals surface area contributed by atoms with Gasteiger partial charge in [-0.3, -0.25) is 9.59 Å². The fraction of sp³-hybridized carbons (Fsp3) is 0.737. The lowest BCUT2D eigenvalue weighted by molar-refractivity contribution is -0.166. The zero-order valence-electron chi connectivity index (χ0n) is 14.4. The van der Waals surface area contributed by atoms with Crippen molar-refractivity contribution in [2.75, 3.05) is 0 Å². The lowest BCUT2D eigenvalue weighted by atomic mass is 9.78. The van der Waals surface area contributed by atoms with Crippen LogP contribution in [0.5, 0.6) is 0 Å². The molecule has 6 heteroatoms. The summed E-state index contributed by atoms with van der Waals surface area (Å²) < 4.78 is 16.7. The van der Waals surface area contributed by atoms with E-state index in [1.54, 1.807) is 6.92 Å². The van der Waals surface area contributed by atoms with Crippen LogP contribution in [0.25, 0.3) is 0 Å². The summed E-state index contributed by atoms with van der Waals surface area (Å²) in [6, 6.07) is 0. The van der Waals surface area contributed by atoms with Gasteiger partial charge >= 0.3 is 17.9 Å². The fourth-order valence-corrected chi connectivity index (χ4v) is 5.12. The van der Waals surface area contributed by atoms with Gasteiger partial charge in [0.1, 0.15) is 18.3 Å². The second-order valence-electron chi connectivity index (χ2n) is 7.86. The van der Waals surface area contributed by atoms with Crippen LogP contribution in [-0.2, 0) is 28.6 Å². The van der Waals surface area contributed by atoms with Crippen LogP contribution in [0.4, 0.5) is 0 Å². The van der Waals surface area contributed by atoms with Gasteiger partial charge in [0.15, 0.2) is 0 Å². The minimum atomic E-state index is -0.569. The maximum atomic E-state index is 12.8. The maximum absolute atomic E-state index is 12.8. The van der Waals surface area contributed by atoms with E-state index in [1.807, 2.05) is 0 Å². The Kier molecular flexibility index (Phi) is 4.08. The highest BCUT2D eigenvalue weighted by Crippen LogP contribution is 2.59. The third-order valence-electron chi connectivity index (χ3n) is 6.24. The average Bonchev–Trinajstić information content (AvgIpc) is 3.19. The van der Waals surface area contributed by atoms with Gasteiger partial charge in [-0.05, 0) is 39.0 Å². The Morgan fingerprint density at radius 2 is 1.84 bits per heavy atom. The van der Waals surface area contributed by atoms with Crippen molar-refractivity contribution in [3.63, 3.8) is 0 Å². The quantitative estimate of drug-likeness (QED) is 0.440. The minimum Gasteiger partial charge on any atom is -0.462 e. The maximum Gasteiger partial charge on any atom is 0.333 e. The lowest BCUT2D eigenvalue weighted by Crippen LogP contribution is -2.44. The summed E-state index contributed by atoms with van der Waals surface area (Å²) >= 11 is 0. The molecular weight excluding hydrogens is 324 g/mol. The number of rotatable bonds is 4. The van der Waals surface area contributed by atoms with Crippen LogP contribution in [0, 0.1) is 23.7 Å². The van der Waals surface area contributed by atoms with Gasteiger partial charge in [-0.1, -0.05) is 13.0 Å². The number of ether oxygens (including phenoxy) is 3. The molecule has 0 aromatic rings. The molecule has 6 unspecified atom stereocenters. The molecule has 4 aliphatic rings. The molecule has 25 heavy (non-hydrogen) atoms. The van der Waals surface area contributed by atoms with E-state index in [1.165, 1.54) is 6.42 Å². The number of esters is 3. The monoisotopic (exact) mass is 348 g/mol. The Morgan fingerprint density at radius 3 is 2.52 bits per heavy atom. The molecule has 1 saturated heterocycles. The molecule has 0 radical (unpaired) electrons. The molecule has 3 aliphatic carbocycles. The lowest BCUT2D eigenvalue weighted by Gasteiger charge is -2.31. The average molecular weight is 348 g/mol. The largest absolute Gasteiger partial charge is 0.462 e. The van der Waals surface area contributed by atoms with Crippen LogP contribution in [0.3, 0.4) is 0 Å². The molecule has 0 aromatic carbocycles. The molecular formula is C19H24O6. The van der Waals surface area contributed by atoms with Gasteiger partial charge in [0.25, 0.3) is 0 Å². The van der Waals surface area contributed by atoms with Crippen molar-refractivity contribution in [2.45, 2.75) is 63.8 Å². The molecule has 4 fully saturated rings. The molecule has 1 aliphatic heterocycles. The summed E-state index contributed by atoms with van der Waals surface area (Å²) in [4.78, 5) is 37.0. The first kappa shape index (κ1) is 16.6. The number of carbonyl (C=O) groups is 3. The Balaban J connectivity index is 1.51. The van der Waals surface area contributed by atoms with E-state index in [2.05, 4.69) is 6.58 Å². The van der Waals surface area contributed by atoms with Crippen LogP contribution in [0.15, 0.2) is 12.2 Å². The molecule has 0 amide bonds. The standard InChI is InChI=1S/C19H24O6/c1-9(2)17(20)24-15-11-8-12-14(19(22)25-16(12)15)13(11)18(21)23-10-6-4-3-5-7-10/h10-16H,1,3-8H2,2H3. The number of hydrogen-bond acceptors (Lipinski definition) is 6. The van der Waals surface area contributed by atoms with E-state index >= 15 is 0 Å². The zero-order chi connectivity index (χ0) is 17.7. The van der Waals surface area contributed by atoms with Gasteiger partial charge in [-0.15, -0.1) is 0 Å². The second kappa shape index (κ2) is 6.15. The number of fused-ring (bicyclic) bond motifs is 1. The summed E-state index contributed by atoms with van der Waals surface area (Å²) in [5.74, 6) is -2.42. The predicted octanol–water partition coefficient (Wildman–Crippen LogP) is 2.16. The zero-order valence-corrected chi connectivity index (χ0v) is 14.4. The minimum absolute atomic E-state index is 0.0509. The van der Waals surface area contributed by atoms with E-state index in [4.69, 9.17) is 14.2 Å². The topological polar surface area (TPSA) is 78.9 Å². The van der Waals surface area contributed by atoms with Crippen LogP contribution in [0.2, 0.25) is 0 Å². The Labute approximate surface area is 146 Å². The van der Waals surface area contributed by atoms with Crippen molar-refractivity contribution in [3.05, 3.63) is 12.2 Å². The molecule has 2 bridgehead atoms. The highest BCUT2D eigenvalue weighted by Gasteiger charge is 2.70. The van der Waals surface area contributed by atoms with E-state index in [9.17, 15) is 14.4 Å².